The molecule has 7 heteroatoms. The zero-order valence-corrected chi connectivity index (χ0v) is 15.1. The Balaban J connectivity index is 1.86. The third kappa shape index (κ3) is 4.52. The molecule has 1 amide bonds. The number of nitrogens with one attached hydrogen (secondary N) is 1. The molecule has 0 saturated heterocycles. The topological polar surface area (TPSA) is 61.7 Å². The quantitative estimate of drug-likeness (QED) is 0.502. The Kier molecular flexibility index (Phi) is 5.79. The number of rotatable bonds is 5. The fraction of sp³-hybridized carbons (Fsp3) is 0.0909. The molecule has 0 bridgehead atoms. The Labute approximate surface area is 165 Å². The van der Waals surface area contributed by atoms with Crippen LogP contribution in [0.1, 0.15) is 22.3 Å². The predicted molar refractivity (Wildman–Crippen MR) is 103 cm³/mol. The maximum Gasteiger partial charge on any atom is 0.416 e. The molecule has 0 aliphatic carbocycles. The molecule has 3 rings (SSSR count). The number of amides is 1. The first kappa shape index (κ1) is 20.3. The zero-order chi connectivity index (χ0) is 20.9. The number of hydrazone groups is 1. The van der Waals surface area contributed by atoms with Crippen molar-refractivity contribution in [1.82, 2.24) is 5.43 Å². The third-order valence-electron chi connectivity index (χ3n) is 4.31. The van der Waals surface area contributed by atoms with Crippen molar-refractivity contribution in [3.8, 4) is 0 Å². The van der Waals surface area contributed by atoms with Crippen molar-refractivity contribution in [2.45, 2.75) is 11.8 Å². The van der Waals surface area contributed by atoms with Gasteiger partial charge in [0.1, 0.15) is 0 Å². The van der Waals surface area contributed by atoms with Crippen molar-refractivity contribution in [2.75, 3.05) is 0 Å². The van der Waals surface area contributed by atoms with Crippen LogP contribution in [-0.4, -0.2) is 17.2 Å². The molecule has 0 unspecified atom stereocenters. The summed E-state index contributed by atoms with van der Waals surface area (Å²) in [5.74, 6) is -0.835. The zero-order valence-electron chi connectivity index (χ0n) is 15.1. The molecule has 0 saturated carbocycles. The monoisotopic (exact) mass is 398 g/mol. The summed E-state index contributed by atoms with van der Waals surface area (Å²) < 4.78 is 38.4. The van der Waals surface area contributed by atoms with Gasteiger partial charge in [-0.25, -0.2) is 5.43 Å². The Bertz CT molecular complexity index is 964. The van der Waals surface area contributed by atoms with Gasteiger partial charge in [0.05, 0.1) is 11.8 Å². The predicted octanol–water partition coefficient (Wildman–Crippen LogP) is 4.09. The lowest BCUT2D eigenvalue weighted by atomic mass is 9.85. The summed E-state index contributed by atoms with van der Waals surface area (Å²) in [6, 6.07) is 21.2. The molecule has 2 N–H and O–H groups in total. The highest BCUT2D eigenvalue weighted by molar-refractivity contribution is 5.91. The average Bonchev–Trinajstić information content (AvgIpc) is 2.74. The van der Waals surface area contributed by atoms with Crippen molar-refractivity contribution >= 4 is 12.1 Å². The van der Waals surface area contributed by atoms with Gasteiger partial charge in [0.15, 0.2) is 5.60 Å². The summed E-state index contributed by atoms with van der Waals surface area (Å²) in [5.41, 5.74) is 0.203. The SMILES string of the molecule is O=C(NN=Cc1cccc(C(F)(F)F)c1)C(O)(c1ccccc1)c1ccccc1. The van der Waals surface area contributed by atoms with Crippen LogP contribution in [0.15, 0.2) is 90.0 Å². The molecule has 0 fully saturated rings. The number of hydrogen-bond donors (Lipinski definition) is 2. The Hall–Kier alpha value is -3.45. The minimum Gasteiger partial charge on any atom is -0.372 e. The van der Waals surface area contributed by atoms with Crippen molar-refractivity contribution in [1.29, 1.82) is 0 Å². The summed E-state index contributed by atoms with van der Waals surface area (Å²) in [7, 11) is 0. The van der Waals surface area contributed by atoms with Gasteiger partial charge in [-0.05, 0) is 28.8 Å². The second-order valence-corrected chi connectivity index (χ2v) is 6.26. The Morgan fingerprint density at radius 1 is 0.828 bits per heavy atom. The average molecular weight is 398 g/mol. The van der Waals surface area contributed by atoms with E-state index in [1.807, 2.05) is 0 Å². The third-order valence-corrected chi connectivity index (χ3v) is 4.31. The first-order valence-electron chi connectivity index (χ1n) is 8.66. The van der Waals surface area contributed by atoms with Gasteiger partial charge < -0.3 is 5.11 Å². The van der Waals surface area contributed by atoms with Gasteiger partial charge in [0, 0.05) is 0 Å². The number of nitrogens with zero attached hydrogens (tertiary/aromatic N) is 1. The van der Waals surface area contributed by atoms with E-state index in [9.17, 15) is 23.1 Å². The van der Waals surface area contributed by atoms with E-state index in [0.717, 1.165) is 18.3 Å². The molecule has 3 aromatic rings. The van der Waals surface area contributed by atoms with Crippen LogP contribution < -0.4 is 5.43 Å². The summed E-state index contributed by atoms with van der Waals surface area (Å²) in [6.07, 6.45) is -3.39. The lowest BCUT2D eigenvalue weighted by Crippen LogP contribution is -2.43. The van der Waals surface area contributed by atoms with Gasteiger partial charge >= 0.3 is 6.18 Å². The molecule has 0 heterocycles. The highest BCUT2D eigenvalue weighted by Gasteiger charge is 2.39. The van der Waals surface area contributed by atoms with E-state index < -0.39 is 23.2 Å². The number of alkyl halides is 3. The van der Waals surface area contributed by atoms with Gasteiger partial charge in [-0.1, -0.05) is 72.8 Å². The van der Waals surface area contributed by atoms with E-state index in [-0.39, 0.29) is 5.56 Å². The molecule has 148 valence electrons. The Morgan fingerprint density at radius 2 is 1.34 bits per heavy atom. The molecule has 0 atom stereocenters. The van der Waals surface area contributed by atoms with E-state index in [2.05, 4.69) is 10.5 Å². The number of carbonyl (C=O) groups is 1. The normalized spacial score (nSPS) is 12.1. The molecule has 0 aliphatic rings. The first-order chi connectivity index (χ1) is 13.8. The molecule has 29 heavy (non-hydrogen) atoms. The van der Waals surface area contributed by atoms with Gasteiger partial charge in [0.2, 0.25) is 0 Å². The van der Waals surface area contributed by atoms with Crippen molar-refractivity contribution in [2.24, 2.45) is 5.10 Å². The van der Waals surface area contributed by atoms with Crippen LogP contribution in [-0.2, 0) is 16.6 Å². The number of hydrogen-bond acceptors (Lipinski definition) is 3. The fourth-order valence-electron chi connectivity index (χ4n) is 2.83. The number of carbonyl (C=O) groups excluding carboxylic acids is 1. The summed E-state index contributed by atoms with van der Waals surface area (Å²) in [4.78, 5) is 12.8. The minimum atomic E-state index is -4.48. The summed E-state index contributed by atoms with van der Waals surface area (Å²) in [5, 5.41) is 15.0. The molecule has 4 nitrogen and oxygen atoms in total. The molecule has 0 aromatic heterocycles. The van der Waals surface area contributed by atoms with Crippen LogP contribution in [0.4, 0.5) is 13.2 Å². The van der Waals surface area contributed by atoms with E-state index in [4.69, 9.17) is 0 Å². The van der Waals surface area contributed by atoms with Crippen molar-refractivity contribution in [3.05, 3.63) is 107 Å². The van der Waals surface area contributed by atoms with E-state index >= 15 is 0 Å². The highest BCUT2D eigenvalue weighted by atomic mass is 19.4. The molecular formula is C22H17F3N2O2. The minimum absolute atomic E-state index is 0.156. The van der Waals surface area contributed by atoms with Crippen molar-refractivity contribution in [3.63, 3.8) is 0 Å². The van der Waals surface area contributed by atoms with Gasteiger partial charge in [-0.2, -0.15) is 18.3 Å². The van der Waals surface area contributed by atoms with E-state index in [1.54, 1.807) is 60.7 Å². The van der Waals surface area contributed by atoms with E-state index in [0.29, 0.717) is 11.1 Å². The van der Waals surface area contributed by atoms with Crippen molar-refractivity contribution < 1.29 is 23.1 Å². The maximum absolute atomic E-state index is 12.8. The summed E-state index contributed by atoms with van der Waals surface area (Å²) in [6.45, 7) is 0. The lowest BCUT2D eigenvalue weighted by molar-refractivity contribution is -0.138. The van der Waals surface area contributed by atoms with Crippen LogP contribution in [0, 0.1) is 0 Å². The van der Waals surface area contributed by atoms with Crippen LogP contribution in [0.2, 0.25) is 0 Å². The van der Waals surface area contributed by atoms with Crippen LogP contribution in [0.25, 0.3) is 0 Å². The molecule has 3 aromatic carbocycles. The van der Waals surface area contributed by atoms with E-state index in [1.165, 1.54) is 12.1 Å². The highest BCUT2D eigenvalue weighted by Crippen LogP contribution is 2.30. The smallest absolute Gasteiger partial charge is 0.372 e. The summed E-state index contributed by atoms with van der Waals surface area (Å²) >= 11 is 0. The molecule has 0 aliphatic heterocycles. The number of benzene rings is 3. The van der Waals surface area contributed by atoms with Gasteiger partial charge in [-0.3, -0.25) is 4.79 Å². The van der Waals surface area contributed by atoms with Crippen LogP contribution in [0.5, 0.6) is 0 Å². The number of aliphatic hydroxyl groups is 1. The van der Waals surface area contributed by atoms with Gasteiger partial charge in [-0.15, -0.1) is 0 Å². The molecule has 0 spiro atoms. The fourth-order valence-corrected chi connectivity index (χ4v) is 2.83. The number of halogens is 3. The van der Waals surface area contributed by atoms with Crippen LogP contribution in [0.3, 0.4) is 0 Å². The maximum atomic E-state index is 12.8. The largest absolute Gasteiger partial charge is 0.416 e. The second-order valence-electron chi connectivity index (χ2n) is 6.26. The van der Waals surface area contributed by atoms with Gasteiger partial charge in [0.25, 0.3) is 5.91 Å². The second kappa shape index (κ2) is 8.28. The standard InChI is InChI=1S/C22H17F3N2O2/c23-22(24,25)19-13-7-8-16(14-19)15-26-27-20(28)21(29,17-9-3-1-4-10-17)18-11-5-2-6-12-18/h1-15,29H,(H,27,28). The molecule has 0 radical (unpaired) electrons. The first-order valence-corrected chi connectivity index (χ1v) is 8.66. The van der Waals surface area contributed by atoms with Crippen LogP contribution >= 0.6 is 0 Å². The lowest BCUT2D eigenvalue weighted by Gasteiger charge is -2.27. The Morgan fingerprint density at radius 3 is 1.86 bits per heavy atom. The molecular weight excluding hydrogens is 381 g/mol.